The second-order valence-corrected chi connectivity index (χ2v) is 19.0. The number of anilines is 3. The Morgan fingerprint density at radius 2 is 1.05 bits per heavy atom. The van der Waals surface area contributed by atoms with Crippen molar-refractivity contribution in [2.24, 2.45) is 17.8 Å². The third-order valence-corrected chi connectivity index (χ3v) is 15.2. The minimum Gasteiger partial charge on any atom is -0.310 e. The van der Waals surface area contributed by atoms with Gasteiger partial charge in [0.1, 0.15) is 0 Å². The number of fused-ring (bicyclic) bond motifs is 3. The molecule has 6 aromatic rings. The van der Waals surface area contributed by atoms with Crippen molar-refractivity contribution in [1.29, 1.82) is 0 Å². The summed E-state index contributed by atoms with van der Waals surface area (Å²) in [5, 5.41) is 0. The molecule has 5 saturated carbocycles. The maximum Gasteiger partial charge on any atom is 0.0543 e. The maximum absolute atomic E-state index is 2.59. The molecule has 6 aliphatic carbocycles. The molecular weight excluding hydrogens is 675 g/mol. The first-order valence-corrected chi connectivity index (χ1v) is 21.9. The number of hydrogen-bond acceptors (Lipinski definition) is 1. The Kier molecular flexibility index (Phi) is 8.20. The van der Waals surface area contributed by atoms with Gasteiger partial charge in [0.15, 0.2) is 0 Å². The zero-order valence-electron chi connectivity index (χ0n) is 33.3. The smallest absolute Gasteiger partial charge is 0.0543 e. The Morgan fingerprint density at radius 3 is 1.66 bits per heavy atom. The largest absolute Gasteiger partial charge is 0.310 e. The minimum atomic E-state index is -0.181. The fourth-order valence-electron chi connectivity index (χ4n) is 13.0. The highest BCUT2D eigenvalue weighted by atomic mass is 15.1. The highest BCUT2D eigenvalue weighted by Gasteiger charge is 2.51. The SMILES string of the molecule is CC1(C)c2cc(N(c3ccc(C4CCCCC4)cc3)c3ccc(C45CC6CC(CC(C6)C4)C5)cc3)c(-c3ccccc3)cc2-c2cccc(-c3ccccc3)c21. The van der Waals surface area contributed by atoms with E-state index in [2.05, 4.69) is 158 Å². The van der Waals surface area contributed by atoms with Crippen molar-refractivity contribution in [1.82, 2.24) is 0 Å². The van der Waals surface area contributed by atoms with Crippen molar-refractivity contribution >= 4 is 17.1 Å². The lowest BCUT2D eigenvalue weighted by Gasteiger charge is -2.57. The monoisotopic (exact) mass is 729 g/mol. The van der Waals surface area contributed by atoms with Crippen LogP contribution >= 0.6 is 0 Å². The molecule has 280 valence electrons. The van der Waals surface area contributed by atoms with E-state index >= 15 is 0 Å². The molecule has 0 heterocycles. The van der Waals surface area contributed by atoms with Gasteiger partial charge in [-0.2, -0.15) is 0 Å². The zero-order chi connectivity index (χ0) is 37.4. The predicted octanol–water partition coefficient (Wildman–Crippen LogP) is 15.3. The highest BCUT2D eigenvalue weighted by Crippen LogP contribution is 2.61. The Labute approximate surface area is 334 Å². The Balaban J connectivity index is 1.08. The lowest BCUT2D eigenvalue weighted by Crippen LogP contribution is -2.48. The van der Waals surface area contributed by atoms with E-state index in [1.165, 1.54) is 138 Å². The van der Waals surface area contributed by atoms with E-state index < -0.39 is 0 Å². The zero-order valence-corrected chi connectivity index (χ0v) is 33.3. The lowest BCUT2D eigenvalue weighted by molar-refractivity contribution is -0.00518. The fraction of sp³-hybridized carbons (Fsp3) is 0.345. The first kappa shape index (κ1) is 34.4. The third kappa shape index (κ3) is 5.63. The van der Waals surface area contributed by atoms with Gasteiger partial charge in [-0.3, -0.25) is 0 Å². The summed E-state index contributed by atoms with van der Waals surface area (Å²) in [6.45, 7) is 4.89. The van der Waals surface area contributed by atoms with Crippen molar-refractivity contribution < 1.29 is 0 Å². The molecule has 6 aromatic carbocycles. The summed E-state index contributed by atoms with van der Waals surface area (Å²) in [6, 6.07) is 53.9. The second-order valence-electron chi connectivity index (χ2n) is 19.0. The van der Waals surface area contributed by atoms with Gasteiger partial charge in [-0.25, -0.2) is 0 Å². The molecular formula is C55H55N. The predicted molar refractivity (Wildman–Crippen MR) is 235 cm³/mol. The molecule has 0 radical (unpaired) electrons. The molecule has 0 amide bonds. The minimum absolute atomic E-state index is 0.181. The second kappa shape index (κ2) is 13.4. The number of rotatable bonds is 7. The molecule has 4 bridgehead atoms. The topological polar surface area (TPSA) is 3.24 Å². The van der Waals surface area contributed by atoms with Crippen LogP contribution in [0.2, 0.25) is 0 Å². The van der Waals surface area contributed by atoms with Gasteiger partial charge in [-0.15, -0.1) is 0 Å². The van der Waals surface area contributed by atoms with Gasteiger partial charge in [-0.1, -0.05) is 136 Å². The van der Waals surface area contributed by atoms with E-state index in [4.69, 9.17) is 0 Å². The molecule has 12 rings (SSSR count). The summed E-state index contributed by atoms with van der Waals surface area (Å²) in [7, 11) is 0. The van der Waals surface area contributed by atoms with Crippen LogP contribution in [0.25, 0.3) is 33.4 Å². The van der Waals surface area contributed by atoms with Gasteiger partial charge < -0.3 is 4.90 Å². The average Bonchev–Trinajstić information content (AvgIpc) is 3.47. The molecule has 0 saturated heterocycles. The van der Waals surface area contributed by atoms with E-state index in [1.807, 2.05) is 0 Å². The van der Waals surface area contributed by atoms with Crippen LogP contribution in [0.5, 0.6) is 0 Å². The summed E-state index contributed by atoms with van der Waals surface area (Å²) >= 11 is 0. The molecule has 5 fully saturated rings. The van der Waals surface area contributed by atoms with E-state index in [1.54, 1.807) is 5.56 Å². The molecule has 0 spiro atoms. The lowest BCUT2D eigenvalue weighted by atomic mass is 9.48. The van der Waals surface area contributed by atoms with Crippen LogP contribution in [0.3, 0.4) is 0 Å². The van der Waals surface area contributed by atoms with Crippen LogP contribution in [0, 0.1) is 17.8 Å². The summed E-state index contributed by atoms with van der Waals surface area (Å²) in [5.74, 6) is 3.50. The van der Waals surface area contributed by atoms with Gasteiger partial charge in [-0.05, 0) is 167 Å². The fourth-order valence-corrected chi connectivity index (χ4v) is 13.0. The molecule has 0 unspecified atom stereocenters. The maximum atomic E-state index is 2.59. The van der Waals surface area contributed by atoms with Gasteiger partial charge >= 0.3 is 0 Å². The summed E-state index contributed by atoms with van der Waals surface area (Å²) < 4.78 is 0. The van der Waals surface area contributed by atoms with E-state index in [0.29, 0.717) is 11.3 Å². The number of nitrogens with zero attached hydrogens (tertiary/aromatic N) is 1. The summed E-state index contributed by atoms with van der Waals surface area (Å²) in [4.78, 5) is 2.59. The number of benzene rings is 6. The molecule has 56 heavy (non-hydrogen) atoms. The quantitative estimate of drug-likeness (QED) is 0.158. The standard InChI is InChI=1S/C55H55N/c1-54(2)51-33-52(49(43-17-10-5-11-18-43)32-50(51)48-20-12-19-47(53(48)54)42-15-8-4-9-16-42)56(45-25-21-41(22-26-45)40-13-6-3-7-14-40)46-27-23-44(24-28-46)55-34-37-29-38(35-55)31-39(30-37)36-55/h4-5,8-12,15-28,32-33,37-40H,3,6-7,13-14,29-31,34-36H2,1-2H3. The normalized spacial score (nSPS) is 24.5. The van der Waals surface area contributed by atoms with Crippen molar-refractivity contribution in [2.75, 3.05) is 4.90 Å². The van der Waals surface area contributed by atoms with Gasteiger partial charge in [0.2, 0.25) is 0 Å². The molecule has 0 aliphatic heterocycles. The molecule has 0 N–H and O–H groups in total. The summed E-state index contributed by atoms with van der Waals surface area (Å²) in [5.41, 5.74) is 17.7. The van der Waals surface area contributed by atoms with Crippen LogP contribution in [0.4, 0.5) is 17.1 Å². The van der Waals surface area contributed by atoms with E-state index in [9.17, 15) is 0 Å². The average molecular weight is 730 g/mol. The Bertz CT molecular complexity index is 2340. The Morgan fingerprint density at radius 1 is 0.500 bits per heavy atom. The first-order valence-electron chi connectivity index (χ1n) is 21.9. The molecule has 0 aromatic heterocycles. The highest BCUT2D eigenvalue weighted by molar-refractivity contribution is 5.96. The molecule has 6 aliphatic rings. The van der Waals surface area contributed by atoms with Crippen molar-refractivity contribution in [3.8, 4) is 33.4 Å². The van der Waals surface area contributed by atoms with Crippen LogP contribution in [-0.4, -0.2) is 0 Å². The van der Waals surface area contributed by atoms with Gasteiger partial charge in [0, 0.05) is 22.4 Å². The van der Waals surface area contributed by atoms with Crippen LogP contribution < -0.4 is 4.90 Å². The van der Waals surface area contributed by atoms with Crippen molar-refractivity contribution in [3.63, 3.8) is 0 Å². The van der Waals surface area contributed by atoms with Crippen molar-refractivity contribution in [2.45, 2.75) is 101 Å². The van der Waals surface area contributed by atoms with Crippen LogP contribution in [-0.2, 0) is 10.8 Å². The van der Waals surface area contributed by atoms with Crippen LogP contribution in [0.1, 0.15) is 113 Å². The van der Waals surface area contributed by atoms with Gasteiger partial charge in [0.25, 0.3) is 0 Å². The third-order valence-electron chi connectivity index (χ3n) is 15.2. The van der Waals surface area contributed by atoms with Gasteiger partial charge in [0.05, 0.1) is 5.69 Å². The van der Waals surface area contributed by atoms with Crippen molar-refractivity contribution in [3.05, 3.63) is 162 Å². The number of hydrogen-bond donors (Lipinski definition) is 0. The van der Waals surface area contributed by atoms with E-state index in [0.717, 1.165) is 17.8 Å². The Hall–Kier alpha value is -4.88. The molecule has 0 atom stereocenters. The molecule has 1 heteroatoms. The first-order chi connectivity index (χ1) is 27.4. The van der Waals surface area contributed by atoms with E-state index in [-0.39, 0.29) is 5.41 Å². The van der Waals surface area contributed by atoms with Crippen LogP contribution in [0.15, 0.2) is 140 Å². The summed E-state index contributed by atoms with van der Waals surface area (Å²) in [6.07, 6.45) is 15.4. The molecule has 1 nitrogen and oxygen atoms in total.